The molecule has 0 amide bonds. The van der Waals surface area contributed by atoms with E-state index < -0.39 is 11.4 Å². The molecule has 1 aromatic carbocycles. The van der Waals surface area contributed by atoms with Crippen LogP contribution in [0.15, 0.2) is 18.2 Å². The molecule has 0 heterocycles. The highest BCUT2D eigenvalue weighted by Gasteiger charge is 2.54. The highest BCUT2D eigenvalue weighted by Crippen LogP contribution is 2.44. The summed E-state index contributed by atoms with van der Waals surface area (Å²) in [4.78, 5) is 23.6. The maximum atomic E-state index is 11.8. The first-order valence-electron chi connectivity index (χ1n) is 5.33. The summed E-state index contributed by atoms with van der Waals surface area (Å²) in [6.45, 7) is 1.42. The number of hydrogen-bond acceptors (Lipinski definition) is 4. The van der Waals surface area contributed by atoms with Gasteiger partial charge in [-0.3, -0.25) is 9.59 Å². The summed E-state index contributed by atoms with van der Waals surface area (Å²) in [5, 5.41) is 0. The number of Topliss-reactive ketones (excluding diaryl/α,β-unsaturated/α-hetero) is 1. The predicted molar refractivity (Wildman–Crippen MR) is 61.1 cm³/mol. The summed E-state index contributed by atoms with van der Waals surface area (Å²) in [7, 11) is 2.85. The number of rotatable bonds is 3. The Bertz CT molecular complexity index is 492. The van der Waals surface area contributed by atoms with Crippen LogP contribution >= 0.6 is 0 Å². The van der Waals surface area contributed by atoms with Gasteiger partial charge in [-0.25, -0.2) is 0 Å². The fraction of sp³-hybridized carbons (Fsp3) is 0.385. The molecular weight excluding hydrogens is 220 g/mol. The second kappa shape index (κ2) is 3.87. The number of carbonyl (C=O) groups excluding carboxylic acids is 2. The Kier molecular flexibility index (Phi) is 2.65. The van der Waals surface area contributed by atoms with Crippen LogP contribution in [0.25, 0.3) is 0 Å². The van der Waals surface area contributed by atoms with Crippen molar-refractivity contribution < 1.29 is 19.1 Å². The minimum Gasteiger partial charge on any atom is -0.497 e. The molecule has 0 fully saturated rings. The van der Waals surface area contributed by atoms with Crippen LogP contribution in [0.2, 0.25) is 0 Å². The lowest BCUT2D eigenvalue weighted by Crippen LogP contribution is -2.52. The first kappa shape index (κ1) is 11.6. The van der Waals surface area contributed by atoms with Crippen molar-refractivity contribution in [2.75, 3.05) is 14.2 Å². The van der Waals surface area contributed by atoms with Gasteiger partial charge in [0.2, 0.25) is 0 Å². The average molecular weight is 234 g/mol. The van der Waals surface area contributed by atoms with Crippen molar-refractivity contribution in [2.24, 2.45) is 0 Å². The SMILES string of the molecule is COC(=O)C1(C(C)=O)Cc2ccc(OC)cc21. The molecule has 2 rings (SSSR count). The van der Waals surface area contributed by atoms with E-state index in [1.165, 1.54) is 14.0 Å². The normalized spacial score (nSPS) is 21.1. The second-order valence-electron chi connectivity index (χ2n) is 4.15. The zero-order chi connectivity index (χ0) is 12.6. The van der Waals surface area contributed by atoms with Gasteiger partial charge in [-0.2, -0.15) is 0 Å². The average Bonchev–Trinajstić information content (AvgIpc) is 2.30. The quantitative estimate of drug-likeness (QED) is 0.583. The Morgan fingerprint density at radius 1 is 1.29 bits per heavy atom. The number of fused-ring (bicyclic) bond motifs is 1. The number of carbonyl (C=O) groups is 2. The van der Waals surface area contributed by atoms with Crippen molar-refractivity contribution in [1.82, 2.24) is 0 Å². The van der Waals surface area contributed by atoms with E-state index in [2.05, 4.69) is 0 Å². The van der Waals surface area contributed by atoms with E-state index in [1.807, 2.05) is 12.1 Å². The lowest BCUT2D eigenvalue weighted by molar-refractivity contribution is -0.152. The van der Waals surface area contributed by atoms with Crippen LogP contribution in [-0.4, -0.2) is 26.0 Å². The third-order valence-corrected chi connectivity index (χ3v) is 3.37. The summed E-state index contributed by atoms with van der Waals surface area (Å²) in [5.41, 5.74) is 0.570. The molecule has 1 unspecified atom stereocenters. The van der Waals surface area contributed by atoms with Crippen LogP contribution in [0.5, 0.6) is 5.75 Å². The molecule has 1 aliphatic rings. The summed E-state index contributed by atoms with van der Waals surface area (Å²) in [6, 6.07) is 5.43. The zero-order valence-electron chi connectivity index (χ0n) is 10.1. The van der Waals surface area contributed by atoms with Gasteiger partial charge < -0.3 is 9.47 Å². The third kappa shape index (κ3) is 1.44. The highest BCUT2D eigenvalue weighted by molar-refractivity contribution is 6.11. The molecule has 1 aromatic rings. The number of benzene rings is 1. The summed E-state index contributed by atoms with van der Waals surface area (Å²) < 4.78 is 9.86. The summed E-state index contributed by atoms with van der Waals surface area (Å²) in [6.07, 6.45) is 0.411. The van der Waals surface area contributed by atoms with E-state index in [0.29, 0.717) is 17.7 Å². The fourth-order valence-corrected chi connectivity index (χ4v) is 2.32. The van der Waals surface area contributed by atoms with E-state index >= 15 is 0 Å². The Balaban J connectivity index is 2.53. The molecule has 0 spiro atoms. The van der Waals surface area contributed by atoms with Gasteiger partial charge in [0.1, 0.15) is 5.75 Å². The topological polar surface area (TPSA) is 52.6 Å². The van der Waals surface area contributed by atoms with Crippen LogP contribution in [-0.2, 0) is 26.2 Å². The number of ether oxygens (including phenoxy) is 2. The molecule has 0 aromatic heterocycles. The molecule has 0 bridgehead atoms. The predicted octanol–water partition coefficient (Wildman–Crippen LogP) is 1.25. The molecule has 4 heteroatoms. The maximum absolute atomic E-state index is 11.8. The number of esters is 1. The Hall–Kier alpha value is -1.84. The first-order chi connectivity index (χ1) is 8.06. The Morgan fingerprint density at radius 3 is 2.53 bits per heavy atom. The second-order valence-corrected chi connectivity index (χ2v) is 4.15. The Labute approximate surface area is 99.5 Å². The molecule has 0 N–H and O–H groups in total. The van der Waals surface area contributed by atoms with Gasteiger partial charge in [-0.05, 0) is 30.2 Å². The first-order valence-corrected chi connectivity index (χ1v) is 5.33. The van der Waals surface area contributed by atoms with Crippen molar-refractivity contribution >= 4 is 11.8 Å². The number of methoxy groups -OCH3 is 2. The lowest BCUT2D eigenvalue weighted by Gasteiger charge is -2.39. The minimum absolute atomic E-state index is 0.190. The van der Waals surface area contributed by atoms with Crippen molar-refractivity contribution in [2.45, 2.75) is 18.8 Å². The molecule has 0 radical (unpaired) electrons. The van der Waals surface area contributed by atoms with Crippen molar-refractivity contribution in [3.8, 4) is 5.75 Å². The van der Waals surface area contributed by atoms with Gasteiger partial charge in [-0.15, -0.1) is 0 Å². The minimum atomic E-state index is -1.13. The molecule has 1 atom stereocenters. The smallest absolute Gasteiger partial charge is 0.324 e. The van der Waals surface area contributed by atoms with Crippen LogP contribution in [0.4, 0.5) is 0 Å². The van der Waals surface area contributed by atoms with E-state index in [1.54, 1.807) is 13.2 Å². The van der Waals surface area contributed by atoms with E-state index in [9.17, 15) is 9.59 Å². The van der Waals surface area contributed by atoms with E-state index in [0.717, 1.165) is 5.56 Å². The van der Waals surface area contributed by atoms with Gasteiger partial charge in [0, 0.05) is 6.42 Å². The number of ketones is 1. The van der Waals surface area contributed by atoms with Gasteiger partial charge in [0.25, 0.3) is 0 Å². The zero-order valence-corrected chi connectivity index (χ0v) is 10.1. The lowest BCUT2D eigenvalue weighted by atomic mass is 9.61. The third-order valence-electron chi connectivity index (χ3n) is 3.37. The van der Waals surface area contributed by atoms with Crippen molar-refractivity contribution in [1.29, 1.82) is 0 Å². The highest BCUT2D eigenvalue weighted by atomic mass is 16.5. The molecule has 0 saturated heterocycles. The van der Waals surface area contributed by atoms with Crippen LogP contribution in [0.1, 0.15) is 18.1 Å². The van der Waals surface area contributed by atoms with Crippen LogP contribution in [0, 0.1) is 0 Å². The molecule has 0 aliphatic heterocycles. The molecule has 0 saturated carbocycles. The molecule has 1 aliphatic carbocycles. The van der Waals surface area contributed by atoms with Crippen LogP contribution in [0.3, 0.4) is 0 Å². The Morgan fingerprint density at radius 2 is 2.00 bits per heavy atom. The van der Waals surface area contributed by atoms with Gasteiger partial charge in [-0.1, -0.05) is 6.07 Å². The molecule has 4 nitrogen and oxygen atoms in total. The molecular formula is C13H14O4. The number of hydrogen-bond donors (Lipinski definition) is 0. The van der Waals surface area contributed by atoms with Gasteiger partial charge in [0.15, 0.2) is 11.2 Å². The standard InChI is InChI=1S/C13H14O4/c1-8(14)13(12(15)17-3)7-9-4-5-10(16-2)6-11(9)13/h4-6H,7H2,1-3H3. The summed E-state index contributed by atoms with van der Waals surface area (Å²) >= 11 is 0. The molecule has 17 heavy (non-hydrogen) atoms. The fourth-order valence-electron chi connectivity index (χ4n) is 2.32. The van der Waals surface area contributed by atoms with E-state index in [4.69, 9.17) is 9.47 Å². The van der Waals surface area contributed by atoms with Crippen molar-refractivity contribution in [3.05, 3.63) is 29.3 Å². The van der Waals surface area contributed by atoms with E-state index in [-0.39, 0.29) is 5.78 Å². The summed E-state index contributed by atoms with van der Waals surface area (Å²) in [5.74, 6) is -0.0474. The van der Waals surface area contributed by atoms with Crippen LogP contribution < -0.4 is 4.74 Å². The largest absolute Gasteiger partial charge is 0.497 e. The monoisotopic (exact) mass is 234 g/mol. The molecule has 90 valence electrons. The maximum Gasteiger partial charge on any atom is 0.324 e. The van der Waals surface area contributed by atoms with Crippen molar-refractivity contribution in [3.63, 3.8) is 0 Å². The van der Waals surface area contributed by atoms with Gasteiger partial charge in [0.05, 0.1) is 14.2 Å². The van der Waals surface area contributed by atoms with Gasteiger partial charge >= 0.3 is 5.97 Å².